The highest BCUT2D eigenvalue weighted by atomic mass is 16.5. The summed E-state index contributed by atoms with van der Waals surface area (Å²) in [4.78, 5) is 9.00. The van der Waals surface area contributed by atoms with Gasteiger partial charge in [-0.2, -0.15) is 0 Å². The Bertz CT molecular complexity index is 319. The van der Waals surface area contributed by atoms with Crippen molar-refractivity contribution in [2.75, 3.05) is 6.61 Å². The second-order valence-corrected chi connectivity index (χ2v) is 3.53. The van der Waals surface area contributed by atoms with E-state index in [0.29, 0.717) is 0 Å². The lowest BCUT2D eigenvalue weighted by molar-refractivity contribution is -0.134. The van der Waals surface area contributed by atoms with E-state index in [2.05, 4.69) is 6.92 Å². The topological polar surface area (TPSA) is 66.8 Å². The number of rotatable bonds is 5. The Labute approximate surface area is 102 Å². The second kappa shape index (κ2) is 9.66. The summed E-state index contributed by atoms with van der Waals surface area (Å²) in [6.07, 6.45) is 2.21. The molecule has 0 spiro atoms. The van der Waals surface area contributed by atoms with E-state index in [1.165, 1.54) is 0 Å². The Morgan fingerprint density at radius 2 is 2.06 bits per heavy atom. The number of benzene rings is 1. The summed E-state index contributed by atoms with van der Waals surface area (Å²) in [5.74, 6) is 0.0139. The molecule has 4 nitrogen and oxygen atoms in total. The number of unbranched alkanes of at least 4 members (excludes halogenated alkanes) is 1. The summed E-state index contributed by atoms with van der Waals surface area (Å²) >= 11 is 0. The molecule has 1 aromatic rings. The Kier molecular flexibility index (Phi) is 8.78. The van der Waals surface area contributed by atoms with Crippen molar-refractivity contribution in [1.82, 2.24) is 0 Å². The van der Waals surface area contributed by atoms with Gasteiger partial charge in [-0.15, -0.1) is 0 Å². The van der Waals surface area contributed by atoms with E-state index in [4.69, 9.17) is 19.7 Å². The molecule has 0 saturated heterocycles. The SMILES string of the molecule is CC(=O)O.CCCCOc1cccc(CO)c1. The number of hydrogen-bond acceptors (Lipinski definition) is 3. The molecule has 17 heavy (non-hydrogen) atoms. The fourth-order valence-electron chi connectivity index (χ4n) is 1.07. The number of ether oxygens (including phenoxy) is 1. The van der Waals surface area contributed by atoms with Crippen LogP contribution in [0.15, 0.2) is 24.3 Å². The van der Waals surface area contributed by atoms with Crippen molar-refractivity contribution >= 4 is 5.97 Å². The molecule has 0 saturated carbocycles. The van der Waals surface area contributed by atoms with Gasteiger partial charge in [0.05, 0.1) is 13.2 Å². The number of aliphatic hydroxyl groups excluding tert-OH is 1. The molecule has 1 rings (SSSR count). The van der Waals surface area contributed by atoms with Gasteiger partial charge in [-0.25, -0.2) is 0 Å². The van der Waals surface area contributed by atoms with Crippen LogP contribution in [0.3, 0.4) is 0 Å². The summed E-state index contributed by atoms with van der Waals surface area (Å²) in [6, 6.07) is 7.56. The minimum Gasteiger partial charge on any atom is -0.494 e. The zero-order valence-electron chi connectivity index (χ0n) is 10.3. The number of aliphatic carboxylic acids is 1. The zero-order chi connectivity index (χ0) is 13.1. The quantitative estimate of drug-likeness (QED) is 0.776. The van der Waals surface area contributed by atoms with Gasteiger partial charge >= 0.3 is 0 Å². The van der Waals surface area contributed by atoms with E-state index in [9.17, 15) is 0 Å². The Hall–Kier alpha value is -1.55. The van der Waals surface area contributed by atoms with Crippen molar-refractivity contribution in [3.05, 3.63) is 29.8 Å². The molecule has 0 unspecified atom stereocenters. The molecule has 96 valence electrons. The van der Waals surface area contributed by atoms with Crippen LogP contribution in [0.25, 0.3) is 0 Å². The smallest absolute Gasteiger partial charge is 0.300 e. The first-order chi connectivity index (χ1) is 8.10. The van der Waals surface area contributed by atoms with Gasteiger partial charge < -0.3 is 14.9 Å². The van der Waals surface area contributed by atoms with Crippen molar-refractivity contribution in [3.63, 3.8) is 0 Å². The summed E-state index contributed by atoms with van der Waals surface area (Å²) < 4.78 is 5.48. The first-order valence-corrected chi connectivity index (χ1v) is 5.62. The molecule has 2 N–H and O–H groups in total. The molecule has 0 amide bonds. The number of carboxylic acid groups (broad SMARTS) is 1. The lowest BCUT2D eigenvalue weighted by Crippen LogP contribution is -1.96. The maximum atomic E-state index is 9.00. The molecular weight excluding hydrogens is 220 g/mol. The maximum absolute atomic E-state index is 9.00. The summed E-state index contributed by atoms with van der Waals surface area (Å²) in [6.45, 7) is 4.05. The van der Waals surface area contributed by atoms with Crippen LogP contribution in [0.1, 0.15) is 32.3 Å². The van der Waals surface area contributed by atoms with E-state index >= 15 is 0 Å². The van der Waals surface area contributed by atoms with Crippen LogP contribution in [0.4, 0.5) is 0 Å². The van der Waals surface area contributed by atoms with Crippen LogP contribution in [0.5, 0.6) is 5.75 Å². The lowest BCUT2D eigenvalue weighted by Gasteiger charge is -2.05. The van der Waals surface area contributed by atoms with Crippen LogP contribution >= 0.6 is 0 Å². The van der Waals surface area contributed by atoms with Gasteiger partial charge in [0.1, 0.15) is 5.75 Å². The molecule has 0 fully saturated rings. The third-order valence-corrected chi connectivity index (χ3v) is 1.85. The average molecular weight is 240 g/mol. The Morgan fingerprint density at radius 1 is 1.41 bits per heavy atom. The highest BCUT2D eigenvalue weighted by Gasteiger charge is 1.94. The van der Waals surface area contributed by atoms with Gasteiger partial charge in [-0.1, -0.05) is 25.5 Å². The molecular formula is C13H20O4. The first kappa shape index (κ1) is 15.4. The Balaban J connectivity index is 0.000000557. The number of carboxylic acids is 1. The number of aliphatic hydroxyl groups is 1. The molecule has 0 aliphatic rings. The third kappa shape index (κ3) is 9.38. The summed E-state index contributed by atoms with van der Waals surface area (Å²) in [5, 5.41) is 16.3. The molecule has 0 radical (unpaired) electrons. The van der Waals surface area contributed by atoms with Crippen molar-refractivity contribution in [2.24, 2.45) is 0 Å². The predicted octanol–water partition coefficient (Wildman–Crippen LogP) is 2.45. The fourth-order valence-corrected chi connectivity index (χ4v) is 1.07. The van der Waals surface area contributed by atoms with Gasteiger partial charge in [0.15, 0.2) is 0 Å². The van der Waals surface area contributed by atoms with Gasteiger partial charge in [-0.05, 0) is 24.1 Å². The monoisotopic (exact) mass is 240 g/mol. The summed E-state index contributed by atoms with van der Waals surface area (Å²) in [5.41, 5.74) is 0.897. The summed E-state index contributed by atoms with van der Waals surface area (Å²) in [7, 11) is 0. The third-order valence-electron chi connectivity index (χ3n) is 1.85. The lowest BCUT2D eigenvalue weighted by atomic mass is 10.2. The Morgan fingerprint density at radius 3 is 2.59 bits per heavy atom. The van der Waals surface area contributed by atoms with E-state index in [-0.39, 0.29) is 6.61 Å². The standard InChI is InChI=1S/C11H16O2.C2H4O2/c1-2-3-7-13-11-6-4-5-10(8-11)9-12;1-2(3)4/h4-6,8,12H,2-3,7,9H2,1H3;1H3,(H,3,4). The number of hydrogen-bond donors (Lipinski definition) is 2. The number of carbonyl (C=O) groups is 1. The largest absolute Gasteiger partial charge is 0.494 e. The minimum absolute atomic E-state index is 0.0744. The van der Waals surface area contributed by atoms with Crippen LogP contribution in [0, 0.1) is 0 Å². The molecule has 0 bridgehead atoms. The van der Waals surface area contributed by atoms with E-state index in [0.717, 1.165) is 37.7 Å². The molecule has 4 heteroatoms. The van der Waals surface area contributed by atoms with E-state index in [1.807, 2.05) is 24.3 Å². The highest BCUT2D eigenvalue weighted by Crippen LogP contribution is 2.13. The van der Waals surface area contributed by atoms with E-state index < -0.39 is 5.97 Å². The van der Waals surface area contributed by atoms with Crippen molar-refractivity contribution < 1.29 is 19.7 Å². The first-order valence-electron chi connectivity index (χ1n) is 5.62. The minimum atomic E-state index is -0.833. The molecule has 0 aliphatic carbocycles. The highest BCUT2D eigenvalue weighted by molar-refractivity contribution is 5.62. The predicted molar refractivity (Wildman–Crippen MR) is 66.1 cm³/mol. The molecule has 1 aromatic carbocycles. The van der Waals surface area contributed by atoms with Crippen molar-refractivity contribution in [2.45, 2.75) is 33.3 Å². The van der Waals surface area contributed by atoms with E-state index in [1.54, 1.807) is 0 Å². The maximum Gasteiger partial charge on any atom is 0.300 e. The van der Waals surface area contributed by atoms with Crippen LogP contribution in [-0.4, -0.2) is 22.8 Å². The van der Waals surface area contributed by atoms with Gasteiger partial charge in [0.2, 0.25) is 0 Å². The molecule has 0 aromatic heterocycles. The second-order valence-electron chi connectivity index (χ2n) is 3.53. The molecule has 0 heterocycles. The van der Waals surface area contributed by atoms with Gasteiger partial charge in [0.25, 0.3) is 5.97 Å². The van der Waals surface area contributed by atoms with Crippen LogP contribution in [-0.2, 0) is 11.4 Å². The molecule has 0 atom stereocenters. The normalized spacial score (nSPS) is 9.12. The van der Waals surface area contributed by atoms with Crippen molar-refractivity contribution in [1.29, 1.82) is 0 Å². The average Bonchev–Trinajstić information content (AvgIpc) is 2.29. The van der Waals surface area contributed by atoms with Crippen LogP contribution < -0.4 is 4.74 Å². The van der Waals surface area contributed by atoms with Crippen LogP contribution in [0.2, 0.25) is 0 Å². The van der Waals surface area contributed by atoms with Gasteiger partial charge in [0, 0.05) is 6.92 Å². The van der Waals surface area contributed by atoms with Crippen molar-refractivity contribution in [3.8, 4) is 5.75 Å². The zero-order valence-corrected chi connectivity index (χ0v) is 10.3. The van der Waals surface area contributed by atoms with Gasteiger partial charge in [-0.3, -0.25) is 4.79 Å². The fraction of sp³-hybridized carbons (Fsp3) is 0.462. The molecule has 0 aliphatic heterocycles.